The van der Waals surface area contributed by atoms with Gasteiger partial charge in [0.25, 0.3) is 0 Å². The number of ether oxygens (including phenoxy) is 1. The molecule has 0 bridgehead atoms. The average molecular weight is 432 g/mol. The molecule has 0 aliphatic rings. The van der Waals surface area contributed by atoms with Gasteiger partial charge in [0.05, 0.1) is 22.7 Å². The fourth-order valence-corrected chi connectivity index (χ4v) is 2.33. The Labute approximate surface area is 167 Å². The molecule has 2 rings (SSSR count). The molecule has 29 heavy (non-hydrogen) atoms. The Balaban J connectivity index is 1.82. The number of benzene rings is 2. The minimum Gasteiger partial charge on any atom is -0.457 e. The van der Waals surface area contributed by atoms with E-state index in [4.69, 9.17) is 16.3 Å². The largest absolute Gasteiger partial charge is 0.457 e. The summed E-state index contributed by atoms with van der Waals surface area (Å²) in [5, 5.41) is 2.09. The third-order valence-corrected chi connectivity index (χ3v) is 3.98. The van der Waals surface area contributed by atoms with Gasteiger partial charge in [-0.25, -0.2) is 4.39 Å². The van der Waals surface area contributed by atoms with Crippen LogP contribution in [0.5, 0.6) is 0 Å². The van der Waals surface area contributed by atoms with E-state index in [0.717, 1.165) is 24.3 Å². The maximum absolute atomic E-state index is 12.8. The van der Waals surface area contributed by atoms with E-state index in [-0.39, 0.29) is 16.3 Å². The molecule has 0 aliphatic heterocycles. The van der Waals surface area contributed by atoms with Gasteiger partial charge in [-0.3, -0.25) is 14.4 Å². The molecule has 0 unspecified atom stereocenters. The van der Waals surface area contributed by atoms with Gasteiger partial charge in [-0.1, -0.05) is 11.6 Å². The SMILES string of the molecule is O=C(CCC(=O)OCC(=O)c1ccc(F)cc1)Nc1cc(C(F)(F)F)ccc1Cl. The van der Waals surface area contributed by atoms with Crippen molar-refractivity contribution < 1.29 is 36.7 Å². The van der Waals surface area contributed by atoms with Crippen LogP contribution in [0.25, 0.3) is 0 Å². The summed E-state index contributed by atoms with van der Waals surface area (Å²) >= 11 is 5.77. The molecule has 2 aromatic carbocycles. The van der Waals surface area contributed by atoms with Crippen LogP contribution in [-0.4, -0.2) is 24.3 Å². The number of Topliss-reactive ketones (excluding diaryl/α,β-unsaturated/α-hetero) is 1. The van der Waals surface area contributed by atoms with Crippen LogP contribution in [0.15, 0.2) is 42.5 Å². The average Bonchev–Trinajstić information content (AvgIpc) is 2.66. The lowest BCUT2D eigenvalue weighted by molar-refractivity contribution is -0.143. The predicted molar refractivity (Wildman–Crippen MR) is 96.0 cm³/mol. The van der Waals surface area contributed by atoms with E-state index in [2.05, 4.69) is 5.32 Å². The molecule has 0 radical (unpaired) electrons. The lowest BCUT2D eigenvalue weighted by atomic mass is 10.1. The summed E-state index contributed by atoms with van der Waals surface area (Å²) in [7, 11) is 0. The van der Waals surface area contributed by atoms with Crippen LogP contribution >= 0.6 is 11.6 Å². The van der Waals surface area contributed by atoms with Gasteiger partial charge in [-0.2, -0.15) is 13.2 Å². The van der Waals surface area contributed by atoms with Crippen molar-refractivity contribution in [2.75, 3.05) is 11.9 Å². The second-order valence-electron chi connectivity index (χ2n) is 5.83. The van der Waals surface area contributed by atoms with Crippen molar-refractivity contribution >= 4 is 34.9 Å². The van der Waals surface area contributed by atoms with Crippen molar-refractivity contribution in [3.63, 3.8) is 0 Å². The van der Waals surface area contributed by atoms with Crippen molar-refractivity contribution in [2.45, 2.75) is 19.0 Å². The Morgan fingerprint density at radius 2 is 1.66 bits per heavy atom. The van der Waals surface area contributed by atoms with Crippen LogP contribution in [0.2, 0.25) is 5.02 Å². The number of alkyl halides is 3. The van der Waals surface area contributed by atoms with Crippen LogP contribution in [0, 0.1) is 5.82 Å². The van der Waals surface area contributed by atoms with Gasteiger partial charge in [-0.15, -0.1) is 0 Å². The molecule has 0 atom stereocenters. The zero-order valence-electron chi connectivity index (χ0n) is 14.7. The summed E-state index contributed by atoms with van der Waals surface area (Å²) in [6, 6.07) is 7.08. The van der Waals surface area contributed by atoms with Gasteiger partial charge in [0.2, 0.25) is 5.91 Å². The summed E-state index contributed by atoms with van der Waals surface area (Å²) in [6.07, 6.45) is -5.40. The number of hydrogen-bond donors (Lipinski definition) is 1. The number of anilines is 1. The molecule has 154 valence electrons. The molecule has 5 nitrogen and oxygen atoms in total. The van der Waals surface area contributed by atoms with E-state index in [0.29, 0.717) is 6.07 Å². The molecular weight excluding hydrogens is 418 g/mol. The maximum Gasteiger partial charge on any atom is 0.416 e. The molecule has 10 heteroatoms. The van der Waals surface area contributed by atoms with Crippen molar-refractivity contribution in [1.29, 1.82) is 0 Å². The summed E-state index contributed by atoms with van der Waals surface area (Å²) in [6.45, 7) is -0.592. The molecule has 0 heterocycles. The van der Waals surface area contributed by atoms with Crippen LogP contribution < -0.4 is 5.32 Å². The van der Waals surface area contributed by atoms with Gasteiger partial charge < -0.3 is 10.1 Å². The molecule has 1 N–H and O–H groups in total. The highest BCUT2D eigenvalue weighted by Gasteiger charge is 2.31. The summed E-state index contributed by atoms with van der Waals surface area (Å²) in [5.74, 6) is -2.69. The quantitative estimate of drug-likeness (QED) is 0.394. The second-order valence-corrected chi connectivity index (χ2v) is 6.24. The Kier molecular flexibility index (Phi) is 7.33. The highest BCUT2D eigenvalue weighted by Crippen LogP contribution is 2.33. The van der Waals surface area contributed by atoms with Gasteiger partial charge >= 0.3 is 12.1 Å². The first-order chi connectivity index (χ1) is 13.6. The Morgan fingerprint density at radius 1 is 1.00 bits per heavy atom. The molecule has 1 amide bonds. The number of carbonyl (C=O) groups excluding carboxylic acids is 3. The molecule has 0 saturated carbocycles. The van der Waals surface area contributed by atoms with Crippen LogP contribution in [0.3, 0.4) is 0 Å². The second kappa shape index (κ2) is 9.51. The molecule has 2 aromatic rings. The van der Waals surface area contributed by atoms with Crippen molar-refractivity contribution in [1.82, 2.24) is 0 Å². The fraction of sp³-hybridized carbons (Fsp3) is 0.211. The third kappa shape index (κ3) is 6.86. The lowest BCUT2D eigenvalue weighted by Gasteiger charge is -2.11. The summed E-state index contributed by atoms with van der Waals surface area (Å²) in [5.41, 5.74) is -1.08. The number of hydrogen-bond acceptors (Lipinski definition) is 4. The first-order valence-corrected chi connectivity index (χ1v) is 8.55. The van der Waals surface area contributed by atoms with Crippen LogP contribution in [0.4, 0.5) is 23.2 Å². The zero-order valence-corrected chi connectivity index (χ0v) is 15.4. The van der Waals surface area contributed by atoms with Gasteiger partial charge in [0.1, 0.15) is 5.82 Å². The van der Waals surface area contributed by atoms with Gasteiger partial charge in [0, 0.05) is 12.0 Å². The first kappa shape index (κ1) is 22.4. The maximum atomic E-state index is 12.8. The van der Waals surface area contributed by atoms with E-state index in [1.807, 2.05) is 0 Å². The van der Waals surface area contributed by atoms with Crippen LogP contribution in [0.1, 0.15) is 28.8 Å². The number of ketones is 1. The number of amides is 1. The van der Waals surface area contributed by atoms with E-state index in [9.17, 15) is 31.9 Å². The van der Waals surface area contributed by atoms with Crippen molar-refractivity contribution in [2.24, 2.45) is 0 Å². The van der Waals surface area contributed by atoms with Gasteiger partial charge in [-0.05, 0) is 42.5 Å². The molecular formula is C19H14ClF4NO4. The van der Waals surface area contributed by atoms with Crippen LogP contribution in [-0.2, 0) is 20.5 Å². The standard InChI is InChI=1S/C19H14ClF4NO4/c20-14-6-3-12(19(22,23)24)9-15(14)25-17(27)7-8-18(28)29-10-16(26)11-1-4-13(21)5-2-11/h1-6,9H,7-8,10H2,(H,25,27). The predicted octanol–water partition coefficient (Wildman–Crippen LogP) is 4.64. The summed E-state index contributed by atoms with van der Waals surface area (Å²) in [4.78, 5) is 35.3. The molecule has 0 saturated heterocycles. The highest BCUT2D eigenvalue weighted by atomic mass is 35.5. The number of carbonyl (C=O) groups is 3. The van der Waals surface area contributed by atoms with Crippen molar-refractivity contribution in [3.8, 4) is 0 Å². The van der Waals surface area contributed by atoms with E-state index in [1.165, 1.54) is 12.1 Å². The zero-order chi connectivity index (χ0) is 21.6. The summed E-state index contributed by atoms with van der Waals surface area (Å²) < 4.78 is 55.7. The molecule has 0 aromatic heterocycles. The normalized spacial score (nSPS) is 11.1. The number of nitrogens with one attached hydrogen (secondary N) is 1. The van der Waals surface area contributed by atoms with Crippen molar-refractivity contribution in [3.05, 3.63) is 64.4 Å². The molecule has 0 fully saturated rings. The Bertz CT molecular complexity index is 913. The monoisotopic (exact) mass is 431 g/mol. The smallest absolute Gasteiger partial charge is 0.416 e. The fourth-order valence-electron chi connectivity index (χ4n) is 2.16. The molecule has 0 aliphatic carbocycles. The van der Waals surface area contributed by atoms with E-state index < -0.39 is 54.7 Å². The van der Waals surface area contributed by atoms with E-state index >= 15 is 0 Å². The minimum absolute atomic E-state index is 0.0983. The minimum atomic E-state index is -4.61. The Morgan fingerprint density at radius 3 is 2.28 bits per heavy atom. The Hall–Kier alpha value is -2.94. The number of rotatable bonds is 7. The number of halogens is 5. The van der Waals surface area contributed by atoms with Gasteiger partial charge in [0.15, 0.2) is 12.4 Å². The lowest BCUT2D eigenvalue weighted by Crippen LogP contribution is -2.18. The third-order valence-electron chi connectivity index (χ3n) is 3.65. The first-order valence-electron chi connectivity index (χ1n) is 8.17. The molecule has 0 spiro atoms. The van der Waals surface area contributed by atoms with E-state index in [1.54, 1.807) is 0 Å². The number of esters is 1. The topological polar surface area (TPSA) is 72.5 Å². The highest BCUT2D eigenvalue weighted by molar-refractivity contribution is 6.33.